The highest BCUT2D eigenvalue weighted by molar-refractivity contribution is 7.10. The van der Waals surface area contributed by atoms with Gasteiger partial charge in [0.25, 0.3) is 0 Å². The molecule has 0 aliphatic carbocycles. The Morgan fingerprint density at radius 3 is 1.85 bits per heavy atom. The molecule has 1 heterocycles. The molecule has 0 atom stereocenters. The molecule has 1 aromatic heterocycles. The molecule has 0 bridgehead atoms. The van der Waals surface area contributed by atoms with E-state index in [-0.39, 0.29) is 0 Å². The zero-order valence-corrected chi connectivity index (χ0v) is 10.6. The highest BCUT2D eigenvalue weighted by Crippen LogP contribution is 2.27. The Morgan fingerprint density at radius 2 is 1.69 bits per heavy atom. The summed E-state index contributed by atoms with van der Waals surface area (Å²) in [7, 11) is 0. The Kier molecular flexibility index (Phi) is 5.31. The van der Waals surface area contributed by atoms with Crippen LogP contribution in [0, 0.1) is 6.92 Å². The lowest BCUT2D eigenvalue weighted by atomic mass is 9.94. The van der Waals surface area contributed by atoms with Crippen molar-refractivity contribution in [3.8, 4) is 0 Å². The van der Waals surface area contributed by atoms with Crippen molar-refractivity contribution < 1.29 is 0 Å². The molecule has 0 spiro atoms. The summed E-state index contributed by atoms with van der Waals surface area (Å²) in [6.45, 7) is 13.1. The van der Waals surface area contributed by atoms with Gasteiger partial charge in [-0.05, 0) is 29.3 Å². The maximum atomic E-state index is 2.27. The molecule has 0 saturated heterocycles. The Balaban J connectivity index is 0.000000424. The number of thiophene rings is 1. The second kappa shape index (κ2) is 5.43. The van der Waals surface area contributed by atoms with Crippen molar-refractivity contribution in [1.29, 1.82) is 0 Å². The average molecular weight is 198 g/mol. The lowest BCUT2D eigenvalue weighted by Crippen LogP contribution is -2.07. The Labute approximate surface area is 87.0 Å². The molecular formula is C12H22S. The van der Waals surface area contributed by atoms with Crippen molar-refractivity contribution in [2.24, 2.45) is 0 Å². The Morgan fingerprint density at radius 1 is 1.23 bits per heavy atom. The average Bonchev–Trinajstić information content (AvgIpc) is 2.35. The summed E-state index contributed by atoms with van der Waals surface area (Å²) >= 11 is 1.86. The van der Waals surface area contributed by atoms with E-state index in [1.54, 1.807) is 0 Å². The zero-order valence-electron chi connectivity index (χ0n) is 9.77. The van der Waals surface area contributed by atoms with Crippen molar-refractivity contribution in [2.75, 3.05) is 0 Å². The molecule has 13 heavy (non-hydrogen) atoms. The molecule has 0 radical (unpaired) electrons. The number of aryl methyl sites for hydroxylation is 1. The van der Waals surface area contributed by atoms with Crippen LogP contribution < -0.4 is 0 Å². The van der Waals surface area contributed by atoms with Gasteiger partial charge in [-0.15, -0.1) is 11.3 Å². The SMILES string of the molecule is CCC.Cc1csc(C(C)(C)C)c1. The first-order valence-electron chi connectivity index (χ1n) is 4.97. The summed E-state index contributed by atoms with van der Waals surface area (Å²) in [6, 6.07) is 2.27. The van der Waals surface area contributed by atoms with Crippen LogP contribution in [0.3, 0.4) is 0 Å². The molecule has 0 unspecified atom stereocenters. The van der Waals surface area contributed by atoms with Gasteiger partial charge in [-0.1, -0.05) is 41.0 Å². The highest BCUT2D eigenvalue weighted by atomic mass is 32.1. The van der Waals surface area contributed by atoms with E-state index in [0.29, 0.717) is 5.41 Å². The van der Waals surface area contributed by atoms with Crippen LogP contribution in [0.4, 0.5) is 0 Å². The molecule has 0 nitrogen and oxygen atoms in total. The smallest absolute Gasteiger partial charge is 0.0101 e. The topological polar surface area (TPSA) is 0 Å². The minimum absolute atomic E-state index is 0.332. The van der Waals surface area contributed by atoms with Crippen molar-refractivity contribution in [2.45, 2.75) is 53.4 Å². The van der Waals surface area contributed by atoms with Gasteiger partial charge < -0.3 is 0 Å². The normalized spacial score (nSPS) is 10.6. The molecule has 1 rings (SSSR count). The maximum Gasteiger partial charge on any atom is 0.0101 e. The van der Waals surface area contributed by atoms with E-state index in [4.69, 9.17) is 0 Å². The fraction of sp³-hybridized carbons (Fsp3) is 0.667. The van der Waals surface area contributed by atoms with E-state index < -0.39 is 0 Å². The minimum atomic E-state index is 0.332. The van der Waals surface area contributed by atoms with Gasteiger partial charge in [-0.25, -0.2) is 0 Å². The minimum Gasteiger partial charge on any atom is -0.148 e. The summed E-state index contributed by atoms with van der Waals surface area (Å²) in [5.41, 5.74) is 1.72. The van der Waals surface area contributed by atoms with Crippen LogP contribution in [0.5, 0.6) is 0 Å². The molecule has 0 amide bonds. The second-order valence-electron chi connectivity index (χ2n) is 4.45. The van der Waals surface area contributed by atoms with E-state index >= 15 is 0 Å². The molecule has 0 saturated carbocycles. The van der Waals surface area contributed by atoms with E-state index in [0.717, 1.165) is 0 Å². The van der Waals surface area contributed by atoms with Crippen LogP contribution in [0.2, 0.25) is 0 Å². The van der Waals surface area contributed by atoms with Crippen molar-refractivity contribution in [1.82, 2.24) is 0 Å². The zero-order chi connectivity index (χ0) is 10.5. The summed E-state index contributed by atoms with van der Waals surface area (Å²) < 4.78 is 0. The van der Waals surface area contributed by atoms with E-state index in [1.807, 2.05) is 11.3 Å². The Hall–Kier alpha value is -0.300. The maximum absolute atomic E-state index is 2.27. The van der Waals surface area contributed by atoms with Crippen LogP contribution in [0.15, 0.2) is 11.4 Å². The van der Waals surface area contributed by atoms with E-state index in [2.05, 4.69) is 53.0 Å². The van der Waals surface area contributed by atoms with Gasteiger partial charge in [-0.2, -0.15) is 0 Å². The first-order valence-corrected chi connectivity index (χ1v) is 5.85. The first kappa shape index (κ1) is 12.7. The Bertz CT molecular complexity index is 228. The molecule has 0 aromatic carbocycles. The van der Waals surface area contributed by atoms with Gasteiger partial charge in [0.1, 0.15) is 0 Å². The number of hydrogen-bond acceptors (Lipinski definition) is 1. The molecule has 0 aliphatic rings. The molecule has 0 aliphatic heterocycles. The molecule has 1 aromatic rings. The highest BCUT2D eigenvalue weighted by Gasteiger charge is 2.14. The monoisotopic (exact) mass is 198 g/mol. The van der Waals surface area contributed by atoms with Crippen molar-refractivity contribution >= 4 is 11.3 Å². The fourth-order valence-corrected chi connectivity index (χ4v) is 1.81. The summed E-state index contributed by atoms with van der Waals surface area (Å²) in [5.74, 6) is 0. The third-order valence-corrected chi connectivity index (χ3v) is 2.94. The van der Waals surface area contributed by atoms with Gasteiger partial charge in [0, 0.05) is 4.88 Å². The number of rotatable bonds is 0. The summed E-state index contributed by atoms with van der Waals surface area (Å²) in [5, 5.41) is 2.21. The van der Waals surface area contributed by atoms with E-state index in [9.17, 15) is 0 Å². The molecule has 0 fully saturated rings. The largest absolute Gasteiger partial charge is 0.148 e. The lowest BCUT2D eigenvalue weighted by Gasteiger charge is -2.14. The van der Waals surface area contributed by atoms with Crippen LogP contribution >= 0.6 is 11.3 Å². The first-order chi connectivity index (χ1) is 5.91. The van der Waals surface area contributed by atoms with E-state index in [1.165, 1.54) is 16.9 Å². The van der Waals surface area contributed by atoms with Gasteiger partial charge in [-0.3, -0.25) is 0 Å². The summed E-state index contributed by atoms with van der Waals surface area (Å²) in [4.78, 5) is 1.48. The van der Waals surface area contributed by atoms with Crippen LogP contribution in [-0.4, -0.2) is 0 Å². The summed E-state index contributed by atoms with van der Waals surface area (Å²) in [6.07, 6.45) is 1.25. The van der Waals surface area contributed by atoms with Crippen LogP contribution in [0.1, 0.15) is 51.5 Å². The van der Waals surface area contributed by atoms with Crippen molar-refractivity contribution in [3.05, 3.63) is 21.9 Å². The number of hydrogen-bond donors (Lipinski definition) is 0. The van der Waals surface area contributed by atoms with Crippen molar-refractivity contribution in [3.63, 3.8) is 0 Å². The van der Waals surface area contributed by atoms with Gasteiger partial charge in [0.2, 0.25) is 0 Å². The third-order valence-electron chi connectivity index (χ3n) is 1.47. The standard InChI is InChI=1S/C9H14S.C3H8/c1-7-5-8(10-6-7)9(2,3)4;1-3-2/h5-6H,1-4H3;3H2,1-2H3. The van der Waals surface area contributed by atoms with Gasteiger partial charge in [0.15, 0.2) is 0 Å². The predicted molar refractivity (Wildman–Crippen MR) is 63.7 cm³/mol. The molecule has 1 heteroatoms. The fourth-order valence-electron chi connectivity index (χ4n) is 0.825. The van der Waals surface area contributed by atoms with Crippen LogP contribution in [0.25, 0.3) is 0 Å². The molecule has 0 N–H and O–H groups in total. The lowest BCUT2D eigenvalue weighted by molar-refractivity contribution is 0.603. The predicted octanol–water partition coefficient (Wildman–Crippen LogP) is 4.77. The quantitative estimate of drug-likeness (QED) is 0.563. The molecule has 76 valence electrons. The second-order valence-corrected chi connectivity index (χ2v) is 5.36. The van der Waals surface area contributed by atoms with Gasteiger partial charge in [0.05, 0.1) is 0 Å². The third kappa shape index (κ3) is 5.09. The van der Waals surface area contributed by atoms with Gasteiger partial charge >= 0.3 is 0 Å². The molecular weight excluding hydrogens is 176 g/mol. The van der Waals surface area contributed by atoms with Crippen LogP contribution in [-0.2, 0) is 5.41 Å².